The highest BCUT2D eigenvalue weighted by molar-refractivity contribution is 5.71. The van der Waals surface area contributed by atoms with E-state index in [2.05, 4.69) is 6.92 Å². The third-order valence-corrected chi connectivity index (χ3v) is 3.07. The van der Waals surface area contributed by atoms with Crippen LogP contribution in [0.1, 0.15) is 45.4 Å². The van der Waals surface area contributed by atoms with Crippen LogP contribution in [0.15, 0.2) is 11.3 Å². The molecule has 1 unspecified atom stereocenters. The molecule has 0 aromatic rings. The van der Waals surface area contributed by atoms with Crippen LogP contribution in [0.4, 0.5) is 0 Å². The Labute approximate surface area is 79.0 Å². The van der Waals surface area contributed by atoms with E-state index in [1.165, 1.54) is 24.8 Å². The molecule has 0 aromatic heterocycles. The summed E-state index contributed by atoms with van der Waals surface area (Å²) in [6.45, 7) is 2.10. The Balaban J connectivity index is 2.22. The standard InChI is InChI=1S/C11H16O2/c1-8-4-2-3-5-9-6-7-10(12)13-11(8)9/h9H,2-7H2,1H3. The van der Waals surface area contributed by atoms with Crippen molar-refractivity contribution in [3.05, 3.63) is 11.3 Å². The maximum absolute atomic E-state index is 11.1. The number of ether oxygens (including phenoxy) is 1. The van der Waals surface area contributed by atoms with E-state index >= 15 is 0 Å². The van der Waals surface area contributed by atoms with Crippen LogP contribution < -0.4 is 0 Å². The molecule has 2 aliphatic rings. The number of fused-ring (bicyclic) bond motifs is 1. The monoisotopic (exact) mass is 180 g/mol. The van der Waals surface area contributed by atoms with Crippen molar-refractivity contribution < 1.29 is 9.53 Å². The van der Waals surface area contributed by atoms with Crippen molar-refractivity contribution in [2.45, 2.75) is 45.4 Å². The van der Waals surface area contributed by atoms with Gasteiger partial charge in [0.2, 0.25) is 0 Å². The minimum Gasteiger partial charge on any atom is -0.431 e. The summed E-state index contributed by atoms with van der Waals surface area (Å²) in [5.74, 6) is 1.52. The molecular weight excluding hydrogens is 164 g/mol. The third kappa shape index (κ3) is 1.77. The molecule has 0 N–H and O–H groups in total. The van der Waals surface area contributed by atoms with Crippen LogP contribution in [0.5, 0.6) is 0 Å². The van der Waals surface area contributed by atoms with Crippen molar-refractivity contribution in [1.82, 2.24) is 0 Å². The predicted octanol–water partition coefficient (Wildman–Crippen LogP) is 2.79. The Morgan fingerprint density at radius 2 is 2.08 bits per heavy atom. The fourth-order valence-corrected chi connectivity index (χ4v) is 2.30. The van der Waals surface area contributed by atoms with Crippen LogP contribution in [0.25, 0.3) is 0 Å². The third-order valence-electron chi connectivity index (χ3n) is 3.07. The largest absolute Gasteiger partial charge is 0.431 e. The van der Waals surface area contributed by atoms with Crippen LogP contribution in [0, 0.1) is 5.92 Å². The van der Waals surface area contributed by atoms with E-state index in [0.717, 1.165) is 18.6 Å². The first kappa shape index (κ1) is 8.79. The summed E-state index contributed by atoms with van der Waals surface area (Å²) in [5.41, 5.74) is 1.30. The molecule has 1 aliphatic carbocycles. The second-order valence-electron chi connectivity index (χ2n) is 4.10. The minimum absolute atomic E-state index is 0.0347. The zero-order valence-electron chi connectivity index (χ0n) is 8.14. The maximum Gasteiger partial charge on any atom is 0.310 e. The van der Waals surface area contributed by atoms with Crippen molar-refractivity contribution >= 4 is 5.97 Å². The zero-order valence-corrected chi connectivity index (χ0v) is 8.14. The van der Waals surface area contributed by atoms with E-state index in [9.17, 15) is 4.79 Å². The van der Waals surface area contributed by atoms with Gasteiger partial charge >= 0.3 is 5.97 Å². The van der Waals surface area contributed by atoms with E-state index < -0.39 is 0 Å². The molecule has 1 saturated heterocycles. The molecule has 0 bridgehead atoms. The fraction of sp³-hybridized carbons (Fsp3) is 0.727. The van der Waals surface area contributed by atoms with E-state index in [-0.39, 0.29) is 5.97 Å². The lowest BCUT2D eigenvalue weighted by Crippen LogP contribution is -2.20. The molecule has 0 radical (unpaired) electrons. The van der Waals surface area contributed by atoms with Gasteiger partial charge in [-0.15, -0.1) is 0 Å². The highest BCUT2D eigenvalue weighted by atomic mass is 16.5. The Kier molecular flexibility index (Phi) is 2.38. The normalized spacial score (nSPS) is 29.3. The summed E-state index contributed by atoms with van der Waals surface area (Å²) in [5, 5.41) is 0. The second kappa shape index (κ2) is 3.52. The number of esters is 1. The Bertz CT molecular complexity index is 253. The van der Waals surface area contributed by atoms with Gasteiger partial charge in [-0.05, 0) is 38.2 Å². The number of rotatable bonds is 0. The van der Waals surface area contributed by atoms with Crippen molar-refractivity contribution in [2.24, 2.45) is 5.92 Å². The SMILES string of the molecule is CC1=C2OC(=O)CCC2CCCC1. The number of carbonyl (C=O) groups excluding carboxylic acids is 1. The van der Waals surface area contributed by atoms with Crippen LogP contribution in [0.2, 0.25) is 0 Å². The van der Waals surface area contributed by atoms with Gasteiger partial charge in [0.1, 0.15) is 5.76 Å². The minimum atomic E-state index is -0.0347. The fourth-order valence-electron chi connectivity index (χ4n) is 2.30. The molecule has 13 heavy (non-hydrogen) atoms. The summed E-state index contributed by atoms with van der Waals surface area (Å²) in [6.07, 6.45) is 6.47. The zero-order chi connectivity index (χ0) is 9.26. The lowest BCUT2D eigenvalue weighted by atomic mass is 9.93. The molecule has 2 nitrogen and oxygen atoms in total. The molecule has 1 atom stereocenters. The molecular formula is C11H16O2. The van der Waals surface area contributed by atoms with E-state index in [0.29, 0.717) is 12.3 Å². The van der Waals surface area contributed by atoms with Crippen molar-refractivity contribution in [3.63, 3.8) is 0 Å². The van der Waals surface area contributed by atoms with Gasteiger partial charge in [0, 0.05) is 12.3 Å². The highest BCUT2D eigenvalue weighted by Gasteiger charge is 2.28. The van der Waals surface area contributed by atoms with E-state index in [4.69, 9.17) is 4.74 Å². The average molecular weight is 180 g/mol. The van der Waals surface area contributed by atoms with Gasteiger partial charge in [0.25, 0.3) is 0 Å². The first-order valence-electron chi connectivity index (χ1n) is 5.17. The van der Waals surface area contributed by atoms with Crippen LogP contribution in [0.3, 0.4) is 0 Å². The summed E-state index contributed by atoms with van der Waals surface area (Å²) in [7, 11) is 0. The first-order chi connectivity index (χ1) is 6.27. The molecule has 2 rings (SSSR count). The van der Waals surface area contributed by atoms with Crippen LogP contribution in [-0.4, -0.2) is 5.97 Å². The molecule has 72 valence electrons. The van der Waals surface area contributed by atoms with Crippen molar-refractivity contribution in [3.8, 4) is 0 Å². The summed E-state index contributed by atoms with van der Waals surface area (Å²) >= 11 is 0. The van der Waals surface area contributed by atoms with Gasteiger partial charge in [0.05, 0.1) is 0 Å². The van der Waals surface area contributed by atoms with Crippen LogP contribution >= 0.6 is 0 Å². The van der Waals surface area contributed by atoms with Gasteiger partial charge in [-0.2, -0.15) is 0 Å². The molecule has 0 aromatic carbocycles. The molecule has 1 aliphatic heterocycles. The van der Waals surface area contributed by atoms with Crippen molar-refractivity contribution in [1.29, 1.82) is 0 Å². The van der Waals surface area contributed by atoms with E-state index in [1.54, 1.807) is 0 Å². The lowest BCUT2D eigenvalue weighted by molar-refractivity contribution is -0.143. The second-order valence-corrected chi connectivity index (χ2v) is 4.10. The highest BCUT2D eigenvalue weighted by Crippen LogP contribution is 2.35. The quantitative estimate of drug-likeness (QED) is 0.536. The number of carbonyl (C=O) groups is 1. The number of hydrogen-bond acceptors (Lipinski definition) is 2. The van der Waals surface area contributed by atoms with Gasteiger partial charge in [-0.3, -0.25) is 4.79 Å². The summed E-state index contributed by atoms with van der Waals surface area (Å²) in [4.78, 5) is 11.1. The molecule has 0 saturated carbocycles. The molecule has 2 heteroatoms. The Hall–Kier alpha value is -0.790. The predicted molar refractivity (Wildman–Crippen MR) is 50.0 cm³/mol. The van der Waals surface area contributed by atoms with Crippen molar-refractivity contribution in [2.75, 3.05) is 0 Å². The molecule has 1 heterocycles. The van der Waals surface area contributed by atoms with Crippen LogP contribution in [-0.2, 0) is 9.53 Å². The van der Waals surface area contributed by atoms with Gasteiger partial charge in [0.15, 0.2) is 0 Å². The first-order valence-corrected chi connectivity index (χ1v) is 5.17. The summed E-state index contributed by atoms with van der Waals surface area (Å²) in [6, 6.07) is 0. The van der Waals surface area contributed by atoms with Gasteiger partial charge < -0.3 is 4.74 Å². The maximum atomic E-state index is 11.1. The smallest absolute Gasteiger partial charge is 0.310 e. The Morgan fingerprint density at radius 3 is 2.92 bits per heavy atom. The topological polar surface area (TPSA) is 26.3 Å². The Morgan fingerprint density at radius 1 is 1.23 bits per heavy atom. The number of allylic oxidation sites excluding steroid dienone is 2. The average Bonchev–Trinajstić information content (AvgIpc) is 2.29. The number of hydrogen-bond donors (Lipinski definition) is 0. The molecule has 0 spiro atoms. The van der Waals surface area contributed by atoms with E-state index in [1.807, 2.05) is 0 Å². The molecule has 1 fully saturated rings. The lowest BCUT2D eigenvalue weighted by Gasteiger charge is -2.24. The van der Waals surface area contributed by atoms with Gasteiger partial charge in [-0.1, -0.05) is 6.42 Å². The van der Waals surface area contributed by atoms with Gasteiger partial charge in [-0.25, -0.2) is 0 Å². The molecule has 0 amide bonds. The summed E-state index contributed by atoms with van der Waals surface area (Å²) < 4.78 is 5.32.